The monoisotopic (exact) mass is 652 g/mol. The number of aryl methyl sites for hydroxylation is 1. The highest BCUT2D eigenvalue weighted by molar-refractivity contribution is 6.34. The van der Waals surface area contributed by atoms with Crippen molar-refractivity contribution in [2.24, 2.45) is 7.05 Å². The van der Waals surface area contributed by atoms with Crippen molar-refractivity contribution in [1.82, 2.24) is 24.5 Å². The molecule has 44 heavy (non-hydrogen) atoms. The molecule has 2 amide bonds. The van der Waals surface area contributed by atoms with Gasteiger partial charge < -0.3 is 9.47 Å². The minimum absolute atomic E-state index is 0.00729. The van der Waals surface area contributed by atoms with Crippen molar-refractivity contribution in [3.63, 3.8) is 0 Å². The van der Waals surface area contributed by atoms with Gasteiger partial charge in [0.05, 0.1) is 29.5 Å². The number of aromatic nitrogens is 4. The lowest BCUT2D eigenvalue weighted by Gasteiger charge is -2.30. The molecule has 5 rings (SSSR count). The van der Waals surface area contributed by atoms with Gasteiger partial charge >= 0.3 is 24.1 Å². The molecule has 1 atom stereocenters. The van der Waals surface area contributed by atoms with Gasteiger partial charge in [0.15, 0.2) is 17.3 Å². The number of amides is 2. The largest absolute Gasteiger partial charge is 0.449 e. The Morgan fingerprint density at radius 2 is 1.84 bits per heavy atom. The van der Waals surface area contributed by atoms with Crippen LogP contribution in [0, 0.1) is 11.3 Å². The van der Waals surface area contributed by atoms with Crippen molar-refractivity contribution < 1.29 is 54.2 Å². The molecule has 3 aromatic rings. The van der Waals surface area contributed by atoms with E-state index in [-0.39, 0.29) is 41.2 Å². The van der Waals surface area contributed by atoms with E-state index in [1.807, 2.05) is 6.07 Å². The quantitative estimate of drug-likeness (QED) is 0.300. The highest BCUT2D eigenvalue weighted by Crippen LogP contribution is 2.57. The third-order valence-electron chi connectivity index (χ3n) is 7.05. The number of hydrogen-bond donors (Lipinski definition) is 0. The molecule has 19 heteroatoms. The molecule has 0 radical (unpaired) electrons. The van der Waals surface area contributed by atoms with Crippen LogP contribution in [0.15, 0.2) is 24.4 Å². The van der Waals surface area contributed by atoms with Crippen molar-refractivity contribution in [3.05, 3.63) is 46.4 Å². The van der Waals surface area contributed by atoms with E-state index in [4.69, 9.17) is 21.1 Å². The summed E-state index contributed by atoms with van der Waals surface area (Å²) in [6.45, 7) is 1.36. The molecule has 0 spiro atoms. The summed E-state index contributed by atoms with van der Waals surface area (Å²) in [4.78, 5) is 26.8. The van der Waals surface area contributed by atoms with Crippen LogP contribution in [0.2, 0.25) is 5.02 Å². The number of nitriles is 1. The number of fused-ring (bicyclic) bond motifs is 3. The molecule has 1 aromatic carbocycles. The number of benzene rings is 1. The van der Waals surface area contributed by atoms with Gasteiger partial charge in [-0.2, -0.15) is 46.2 Å². The summed E-state index contributed by atoms with van der Waals surface area (Å²) >= 11 is 6.24. The zero-order chi connectivity index (χ0) is 32.6. The lowest BCUT2D eigenvalue weighted by Crippen LogP contribution is -2.51. The Bertz CT molecular complexity index is 1710. The Balaban J connectivity index is 1.62. The maximum Gasteiger partial charge on any atom is 0.437 e. The van der Waals surface area contributed by atoms with Gasteiger partial charge in [-0.05, 0) is 37.5 Å². The molecule has 0 bridgehead atoms. The Labute approximate surface area is 246 Å². The summed E-state index contributed by atoms with van der Waals surface area (Å²) in [6.07, 6.45) is -15.7. The van der Waals surface area contributed by atoms with E-state index in [0.29, 0.717) is 14.3 Å². The topological polar surface area (TPSA) is 115 Å². The minimum atomic E-state index is -6.55. The number of imide groups is 1. The zero-order valence-corrected chi connectivity index (χ0v) is 23.0. The molecule has 10 nitrogen and oxygen atoms in total. The van der Waals surface area contributed by atoms with E-state index >= 15 is 4.39 Å². The maximum absolute atomic E-state index is 15.5. The Morgan fingerprint density at radius 1 is 1.20 bits per heavy atom. The van der Waals surface area contributed by atoms with Crippen LogP contribution in [0.3, 0.4) is 0 Å². The molecule has 1 saturated carbocycles. The van der Waals surface area contributed by atoms with Crippen molar-refractivity contribution >= 4 is 23.6 Å². The smallest absolute Gasteiger partial charge is 0.437 e. The van der Waals surface area contributed by atoms with E-state index in [9.17, 15) is 45.6 Å². The summed E-state index contributed by atoms with van der Waals surface area (Å²) in [5.74, 6) is -3.27. The standard InChI is InChI=1S/C25H17ClF8N6O4/c1-3-43-21(42)39(22(10-35)6-7-22)20(41)12-8-11(4-5-14(12)26)13-9-36-40-15(13)18(27)44-16-17(37-38(2)19(16)40)23(28,24(29,30)31)25(32,33)34/h4-5,8-9,18H,3,6-7H2,1-2H3. The van der Waals surface area contributed by atoms with Crippen molar-refractivity contribution in [3.8, 4) is 28.8 Å². The molecule has 234 valence electrons. The van der Waals surface area contributed by atoms with Crippen LogP contribution in [-0.4, -0.2) is 61.0 Å². The molecule has 1 aliphatic heterocycles. The van der Waals surface area contributed by atoms with Crippen molar-refractivity contribution in [2.75, 3.05) is 6.61 Å². The lowest BCUT2D eigenvalue weighted by atomic mass is 9.99. The summed E-state index contributed by atoms with van der Waals surface area (Å²) in [5, 5.41) is 16.3. The Hall–Kier alpha value is -4.40. The molecular weight excluding hydrogens is 636 g/mol. The first-order chi connectivity index (χ1) is 20.4. The second kappa shape index (κ2) is 10.1. The summed E-state index contributed by atoms with van der Waals surface area (Å²) < 4.78 is 122. The summed E-state index contributed by atoms with van der Waals surface area (Å²) in [7, 11) is 0.870. The van der Waals surface area contributed by atoms with E-state index in [1.54, 1.807) is 0 Å². The fourth-order valence-corrected chi connectivity index (χ4v) is 4.94. The lowest BCUT2D eigenvalue weighted by molar-refractivity contribution is -0.350. The maximum atomic E-state index is 15.5. The molecule has 3 heterocycles. The number of rotatable bonds is 5. The fraction of sp³-hybridized carbons (Fsp3) is 0.400. The zero-order valence-electron chi connectivity index (χ0n) is 22.2. The molecule has 2 aliphatic rings. The van der Waals surface area contributed by atoms with Crippen LogP contribution in [0.1, 0.15) is 47.9 Å². The molecule has 1 fully saturated rings. The highest BCUT2D eigenvalue weighted by atomic mass is 35.5. The van der Waals surface area contributed by atoms with Crippen molar-refractivity contribution in [1.29, 1.82) is 5.26 Å². The second-order valence-corrected chi connectivity index (χ2v) is 10.2. The van der Waals surface area contributed by atoms with E-state index in [1.165, 1.54) is 19.1 Å². The Morgan fingerprint density at radius 3 is 2.39 bits per heavy atom. The van der Waals surface area contributed by atoms with E-state index < -0.39 is 64.9 Å². The number of alkyl halides is 8. The molecule has 0 saturated heterocycles. The molecule has 2 aromatic heterocycles. The molecular formula is C25H17ClF8N6O4. The van der Waals surface area contributed by atoms with Crippen molar-refractivity contribution in [2.45, 2.75) is 49.7 Å². The van der Waals surface area contributed by atoms with Gasteiger partial charge in [-0.15, -0.1) is 0 Å². The van der Waals surface area contributed by atoms with Gasteiger partial charge in [-0.1, -0.05) is 17.7 Å². The van der Waals surface area contributed by atoms with Gasteiger partial charge in [0.1, 0.15) is 11.2 Å². The summed E-state index contributed by atoms with van der Waals surface area (Å²) in [5.41, 5.74) is -10.8. The van der Waals surface area contributed by atoms with Crippen LogP contribution >= 0.6 is 11.6 Å². The van der Waals surface area contributed by atoms with Gasteiger partial charge in [0.2, 0.25) is 0 Å². The first kappa shape index (κ1) is 31.0. The van der Waals surface area contributed by atoms with Crippen LogP contribution in [0.5, 0.6) is 5.75 Å². The average molecular weight is 653 g/mol. The fourth-order valence-electron chi connectivity index (χ4n) is 4.74. The van der Waals surface area contributed by atoms with Gasteiger partial charge in [0, 0.05) is 12.6 Å². The predicted octanol–water partition coefficient (Wildman–Crippen LogP) is 6.23. The van der Waals surface area contributed by atoms with Crippen LogP contribution in [0.4, 0.5) is 39.9 Å². The average Bonchev–Trinajstić information content (AvgIpc) is 3.46. The van der Waals surface area contributed by atoms with Crippen LogP contribution < -0.4 is 4.74 Å². The van der Waals surface area contributed by atoms with Gasteiger partial charge in [0.25, 0.3) is 12.3 Å². The number of carbonyl (C=O) groups is 2. The molecule has 1 unspecified atom stereocenters. The summed E-state index contributed by atoms with van der Waals surface area (Å²) in [6, 6.07) is 5.48. The third kappa shape index (κ3) is 4.43. The second-order valence-electron chi connectivity index (χ2n) is 9.75. The van der Waals surface area contributed by atoms with Crippen LogP contribution in [-0.2, 0) is 17.5 Å². The minimum Gasteiger partial charge on any atom is -0.449 e. The highest BCUT2D eigenvalue weighted by Gasteiger charge is 2.76. The SMILES string of the molecule is CCOC(=O)N(C(=O)c1cc(-c2cnn3c2C(F)Oc2c(C(F)(C(F)(F)F)C(F)(F)F)nn(C)c2-3)ccc1Cl)C1(C#N)CC1. The van der Waals surface area contributed by atoms with Gasteiger partial charge in [-0.25, -0.2) is 23.4 Å². The van der Waals surface area contributed by atoms with E-state index in [0.717, 1.165) is 19.3 Å². The number of halogens is 9. The number of nitrogens with zero attached hydrogens (tertiary/aromatic N) is 6. The first-order valence-electron chi connectivity index (χ1n) is 12.4. The molecule has 1 aliphatic carbocycles. The predicted molar refractivity (Wildman–Crippen MR) is 131 cm³/mol. The normalized spacial score (nSPS) is 17.2. The van der Waals surface area contributed by atoms with Gasteiger partial charge in [-0.3, -0.25) is 4.79 Å². The third-order valence-corrected chi connectivity index (χ3v) is 7.38. The number of hydrogen-bond acceptors (Lipinski definition) is 7. The van der Waals surface area contributed by atoms with Crippen LogP contribution in [0.25, 0.3) is 16.9 Å². The number of ether oxygens (including phenoxy) is 2. The number of carbonyl (C=O) groups excluding carboxylic acids is 2. The molecule has 0 N–H and O–H groups in total. The first-order valence-corrected chi connectivity index (χ1v) is 12.8. The van der Waals surface area contributed by atoms with E-state index in [2.05, 4.69) is 10.2 Å². The Kier molecular flexibility index (Phi) is 7.11.